The lowest BCUT2D eigenvalue weighted by Gasteiger charge is -2.21. The fourth-order valence-corrected chi connectivity index (χ4v) is 2.01. The highest BCUT2D eigenvalue weighted by molar-refractivity contribution is 5.93. The number of ether oxygens (including phenoxy) is 1. The summed E-state index contributed by atoms with van der Waals surface area (Å²) in [6, 6.07) is 6.78. The first-order valence-electron chi connectivity index (χ1n) is 6.88. The Morgan fingerprint density at radius 1 is 1.38 bits per heavy atom. The Morgan fingerprint density at radius 2 is 2.05 bits per heavy atom. The van der Waals surface area contributed by atoms with Crippen molar-refractivity contribution in [3.63, 3.8) is 0 Å². The number of nitrogens with one attached hydrogen (secondary N) is 1. The van der Waals surface area contributed by atoms with Gasteiger partial charge in [-0.2, -0.15) is 0 Å². The second-order valence-electron chi connectivity index (χ2n) is 4.74. The summed E-state index contributed by atoms with van der Waals surface area (Å²) in [4.78, 5) is 24.6. The molecule has 6 heteroatoms. The molecular formula is C15H22N2O4. The topological polar surface area (TPSA) is 78.9 Å². The van der Waals surface area contributed by atoms with E-state index in [1.807, 2.05) is 13.0 Å². The fraction of sp³-hybridized carbons (Fsp3) is 0.467. The number of urea groups is 1. The van der Waals surface area contributed by atoms with Gasteiger partial charge in [-0.3, -0.25) is 9.69 Å². The highest BCUT2D eigenvalue weighted by Gasteiger charge is 2.20. The number of anilines is 1. The largest absolute Gasteiger partial charge is 0.495 e. The van der Waals surface area contributed by atoms with Crippen molar-refractivity contribution in [2.24, 2.45) is 5.92 Å². The molecule has 0 aliphatic carbocycles. The molecule has 0 aromatic heterocycles. The van der Waals surface area contributed by atoms with Gasteiger partial charge in [0.25, 0.3) is 0 Å². The predicted molar refractivity (Wildman–Crippen MR) is 80.8 cm³/mol. The number of amides is 2. The lowest BCUT2D eigenvalue weighted by Crippen LogP contribution is -2.41. The zero-order valence-electron chi connectivity index (χ0n) is 12.6. The molecule has 1 aromatic carbocycles. The molecule has 0 saturated carbocycles. The molecule has 6 nitrogen and oxygen atoms in total. The fourth-order valence-electron chi connectivity index (χ4n) is 2.01. The minimum atomic E-state index is -0.892. The molecular weight excluding hydrogens is 272 g/mol. The SMILES string of the molecule is CCCC(CNC(=O)N(C)c1ccccc1OC)C(=O)O. The molecule has 1 aromatic rings. The van der Waals surface area contributed by atoms with E-state index in [4.69, 9.17) is 9.84 Å². The number of para-hydroxylation sites is 2. The standard InChI is InChI=1S/C15H22N2O4/c1-4-7-11(14(18)19)10-16-15(20)17(2)12-8-5-6-9-13(12)21-3/h5-6,8-9,11H,4,7,10H2,1-3H3,(H,16,20)(H,18,19). The van der Waals surface area contributed by atoms with E-state index in [0.717, 1.165) is 6.42 Å². The van der Waals surface area contributed by atoms with Crippen LogP contribution in [0.25, 0.3) is 0 Å². The molecule has 0 heterocycles. The van der Waals surface area contributed by atoms with Gasteiger partial charge in [-0.05, 0) is 18.6 Å². The van der Waals surface area contributed by atoms with Crippen LogP contribution in [0.15, 0.2) is 24.3 Å². The van der Waals surface area contributed by atoms with E-state index in [-0.39, 0.29) is 12.6 Å². The highest BCUT2D eigenvalue weighted by Crippen LogP contribution is 2.26. The van der Waals surface area contributed by atoms with Crippen LogP contribution in [0.4, 0.5) is 10.5 Å². The van der Waals surface area contributed by atoms with E-state index in [1.165, 1.54) is 12.0 Å². The Balaban J connectivity index is 2.68. The molecule has 0 radical (unpaired) electrons. The molecule has 2 amide bonds. The van der Waals surface area contributed by atoms with Crippen molar-refractivity contribution in [1.29, 1.82) is 0 Å². The second kappa shape index (κ2) is 8.14. The van der Waals surface area contributed by atoms with Gasteiger partial charge in [0.15, 0.2) is 0 Å². The third-order valence-corrected chi connectivity index (χ3v) is 3.24. The summed E-state index contributed by atoms with van der Waals surface area (Å²) >= 11 is 0. The summed E-state index contributed by atoms with van der Waals surface area (Å²) in [6.45, 7) is 2.03. The maximum Gasteiger partial charge on any atom is 0.321 e. The summed E-state index contributed by atoms with van der Waals surface area (Å²) in [6.07, 6.45) is 1.29. The van der Waals surface area contributed by atoms with Gasteiger partial charge >= 0.3 is 12.0 Å². The smallest absolute Gasteiger partial charge is 0.321 e. The van der Waals surface area contributed by atoms with Gasteiger partial charge < -0.3 is 15.2 Å². The van der Waals surface area contributed by atoms with Crippen LogP contribution in [-0.4, -0.2) is 37.8 Å². The highest BCUT2D eigenvalue weighted by atomic mass is 16.5. The number of hydrogen-bond donors (Lipinski definition) is 2. The Hall–Kier alpha value is -2.24. The van der Waals surface area contributed by atoms with Gasteiger partial charge in [0.05, 0.1) is 18.7 Å². The number of carboxylic acids is 1. The summed E-state index contributed by atoms with van der Waals surface area (Å²) in [7, 11) is 3.15. The van der Waals surface area contributed by atoms with Gasteiger partial charge in [-0.25, -0.2) is 4.79 Å². The molecule has 0 fully saturated rings. The van der Waals surface area contributed by atoms with Crippen LogP contribution in [0, 0.1) is 5.92 Å². The Bertz CT molecular complexity index is 490. The lowest BCUT2D eigenvalue weighted by molar-refractivity contribution is -0.141. The molecule has 116 valence electrons. The van der Waals surface area contributed by atoms with Gasteiger partial charge in [-0.1, -0.05) is 25.5 Å². The summed E-state index contributed by atoms with van der Waals surface area (Å²) in [5.41, 5.74) is 0.625. The normalized spacial score (nSPS) is 11.6. The number of benzene rings is 1. The van der Waals surface area contributed by atoms with Crippen molar-refractivity contribution in [1.82, 2.24) is 5.32 Å². The van der Waals surface area contributed by atoms with Gasteiger partial charge in [0, 0.05) is 13.6 Å². The van der Waals surface area contributed by atoms with Crippen molar-refractivity contribution >= 4 is 17.7 Å². The van der Waals surface area contributed by atoms with Crippen LogP contribution < -0.4 is 15.0 Å². The van der Waals surface area contributed by atoms with E-state index in [0.29, 0.717) is 17.9 Å². The summed E-state index contributed by atoms with van der Waals surface area (Å²) in [5, 5.41) is 11.7. The average molecular weight is 294 g/mol. The Kier molecular flexibility index (Phi) is 6.52. The van der Waals surface area contributed by atoms with Crippen LogP contribution in [0.2, 0.25) is 0 Å². The van der Waals surface area contributed by atoms with Gasteiger partial charge in [-0.15, -0.1) is 0 Å². The molecule has 0 bridgehead atoms. The van der Waals surface area contributed by atoms with Crippen molar-refractivity contribution in [2.45, 2.75) is 19.8 Å². The third-order valence-electron chi connectivity index (χ3n) is 3.24. The molecule has 1 unspecified atom stereocenters. The third kappa shape index (κ3) is 4.66. The Labute approximate surface area is 124 Å². The minimum absolute atomic E-state index is 0.113. The first kappa shape index (κ1) is 16.8. The molecule has 1 atom stereocenters. The van der Waals surface area contributed by atoms with Crippen molar-refractivity contribution in [2.75, 3.05) is 25.6 Å². The van der Waals surface area contributed by atoms with Crippen LogP contribution >= 0.6 is 0 Å². The van der Waals surface area contributed by atoms with Crippen LogP contribution in [0.3, 0.4) is 0 Å². The molecule has 2 N–H and O–H groups in total. The average Bonchev–Trinajstić information content (AvgIpc) is 2.49. The molecule has 0 aliphatic heterocycles. The minimum Gasteiger partial charge on any atom is -0.495 e. The monoisotopic (exact) mass is 294 g/mol. The molecule has 0 spiro atoms. The van der Waals surface area contributed by atoms with E-state index < -0.39 is 11.9 Å². The van der Waals surface area contributed by atoms with Crippen LogP contribution in [-0.2, 0) is 4.79 Å². The summed E-state index contributed by atoms with van der Waals surface area (Å²) in [5.74, 6) is -0.874. The van der Waals surface area contributed by atoms with E-state index in [1.54, 1.807) is 25.2 Å². The number of carbonyl (C=O) groups is 2. The maximum atomic E-state index is 12.1. The molecule has 0 saturated heterocycles. The molecule has 1 rings (SSSR count). The molecule has 0 aliphatic rings. The lowest BCUT2D eigenvalue weighted by atomic mass is 10.0. The van der Waals surface area contributed by atoms with Crippen LogP contribution in [0.5, 0.6) is 5.75 Å². The summed E-state index contributed by atoms with van der Waals surface area (Å²) < 4.78 is 5.20. The van der Waals surface area contributed by atoms with Gasteiger partial charge in [0.1, 0.15) is 5.75 Å². The zero-order chi connectivity index (χ0) is 15.8. The first-order valence-corrected chi connectivity index (χ1v) is 6.88. The first-order chi connectivity index (χ1) is 10.0. The predicted octanol–water partition coefficient (Wildman–Crippen LogP) is 2.34. The van der Waals surface area contributed by atoms with E-state index >= 15 is 0 Å². The number of nitrogens with zero attached hydrogens (tertiary/aromatic N) is 1. The Morgan fingerprint density at radius 3 is 2.62 bits per heavy atom. The number of rotatable bonds is 7. The maximum absolute atomic E-state index is 12.1. The number of carbonyl (C=O) groups excluding carboxylic acids is 1. The van der Waals surface area contributed by atoms with E-state index in [9.17, 15) is 9.59 Å². The number of methoxy groups -OCH3 is 1. The number of aliphatic carboxylic acids is 1. The number of hydrogen-bond acceptors (Lipinski definition) is 3. The molecule has 21 heavy (non-hydrogen) atoms. The van der Waals surface area contributed by atoms with Crippen molar-refractivity contribution < 1.29 is 19.4 Å². The zero-order valence-corrected chi connectivity index (χ0v) is 12.6. The van der Waals surface area contributed by atoms with Crippen molar-refractivity contribution in [3.05, 3.63) is 24.3 Å². The van der Waals surface area contributed by atoms with Crippen LogP contribution in [0.1, 0.15) is 19.8 Å². The quantitative estimate of drug-likeness (QED) is 0.809. The number of carboxylic acid groups (broad SMARTS) is 1. The van der Waals surface area contributed by atoms with E-state index in [2.05, 4.69) is 5.32 Å². The van der Waals surface area contributed by atoms with Gasteiger partial charge in [0.2, 0.25) is 0 Å². The second-order valence-corrected chi connectivity index (χ2v) is 4.74. The van der Waals surface area contributed by atoms with Crippen molar-refractivity contribution in [3.8, 4) is 5.75 Å².